The van der Waals surface area contributed by atoms with Gasteiger partial charge >= 0.3 is 0 Å². The minimum atomic E-state index is -0.789. The third kappa shape index (κ3) is 4.21. The van der Waals surface area contributed by atoms with Gasteiger partial charge in [-0.1, -0.05) is 51.2 Å². The van der Waals surface area contributed by atoms with Crippen molar-refractivity contribution in [2.75, 3.05) is 0 Å². The summed E-state index contributed by atoms with van der Waals surface area (Å²) in [6, 6.07) is 1.90. The second kappa shape index (κ2) is 8.85. The molecule has 7 heteroatoms. The highest BCUT2D eigenvalue weighted by molar-refractivity contribution is 7.08. The number of hydrogen-bond donors (Lipinski definition) is 1. The van der Waals surface area contributed by atoms with Gasteiger partial charge in [0.05, 0.1) is 11.9 Å². The zero-order valence-corrected chi connectivity index (χ0v) is 19.5. The fourth-order valence-corrected chi connectivity index (χ4v) is 6.32. The number of thiophene rings is 1. The Morgan fingerprint density at radius 3 is 2.55 bits per heavy atom. The van der Waals surface area contributed by atoms with Crippen LogP contribution in [0.3, 0.4) is 0 Å². The molecule has 0 saturated heterocycles. The second-order valence-electron chi connectivity index (χ2n) is 9.99. The van der Waals surface area contributed by atoms with E-state index < -0.39 is 11.0 Å². The number of amides is 1. The number of nitrogens with zero attached hydrogens (tertiary/aromatic N) is 3. The molecule has 2 aliphatic carbocycles. The van der Waals surface area contributed by atoms with Gasteiger partial charge in [-0.3, -0.25) is 9.59 Å². The molecule has 1 amide bonds. The summed E-state index contributed by atoms with van der Waals surface area (Å²) in [6.45, 7) is 4.48. The summed E-state index contributed by atoms with van der Waals surface area (Å²) < 4.78 is 1.72. The minimum absolute atomic E-state index is 0.152. The van der Waals surface area contributed by atoms with E-state index in [-0.39, 0.29) is 11.7 Å². The fraction of sp³-hybridized carbons (Fsp3) is 0.667. The van der Waals surface area contributed by atoms with Crippen molar-refractivity contribution in [3.05, 3.63) is 34.3 Å². The molecule has 0 aliphatic heterocycles. The number of primary amides is 1. The smallest absolute Gasteiger partial charge is 0.245 e. The molecule has 4 rings (SSSR count). The SMILES string of the molecule is CC1CCC([C@](C)(CC(=O)c2ccsc2)c2cn(C3(C(N)=O)CCCCC3)nn2)CC1. The molecule has 2 N–H and O–H groups in total. The van der Waals surface area contributed by atoms with Crippen LogP contribution in [-0.2, 0) is 15.7 Å². The van der Waals surface area contributed by atoms with Crippen LogP contribution in [0.1, 0.15) is 94.1 Å². The van der Waals surface area contributed by atoms with Crippen LogP contribution in [0.4, 0.5) is 0 Å². The standard InChI is InChI=1S/C24H34N4O2S/c1-17-6-8-19(9-7-17)23(2,14-20(29)18-10-13-31-16-18)21-15-28(27-26-21)24(22(25)30)11-4-3-5-12-24/h10,13,15-17,19H,3-9,11-12,14H2,1-2H3,(H2,25,30)/t17?,19?,23-/m0/s1. The first kappa shape index (κ1) is 22.2. The molecule has 31 heavy (non-hydrogen) atoms. The summed E-state index contributed by atoms with van der Waals surface area (Å²) in [7, 11) is 0. The van der Waals surface area contributed by atoms with Crippen molar-refractivity contribution in [2.24, 2.45) is 17.6 Å². The van der Waals surface area contributed by atoms with Crippen LogP contribution in [-0.4, -0.2) is 26.7 Å². The largest absolute Gasteiger partial charge is 0.368 e. The number of rotatable bonds is 7. The lowest BCUT2D eigenvalue weighted by atomic mass is 9.64. The number of carbonyl (C=O) groups excluding carboxylic acids is 2. The van der Waals surface area contributed by atoms with Crippen LogP contribution in [0.25, 0.3) is 0 Å². The normalized spacial score (nSPS) is 25.6. The van der Waals surface area contributed by atoms with E-state index in [2.05, 4.69) is 24.2 Å². The van der Waals surface area contributed by atoms with Crippen molar-refractivity contribution in [2.45, 2.75) is 89.0 Å². The van der Waals surface area contributed by atoms with Crippen LogP contribution in [0, 0.1) is 11.8 Å². The van der Waals surface area contributed by atoms with Gasteiger partial charge in [-0.15, -0.1) is 5.10 Å². The van der Waals surface area contributed by atoms with E-state index in [1.165, 1.54) is 12.8 Å². The summed E-state index contributed by atoms with van der Waals surface area (Å²) >= 11 is 1.55. The first-order valence-electron chi connectivity index (χ1n) is 11.6. The van der Waals surface area contributed by atoms with Gasteiger partial charge in [-0.05, 0) is 49.0 Å². The Balaban J connectivity index is 1.68. The third-order valence-electron chi connectivity index (χ3n) is 7.94. The van der Waals surface area contributed by atoms with Gasteiger partial charge in [0, 0.05) is 22.8 Å². The molecular weight excluding hydrogens is 408 g/mol. The van der Waals surface area contributed by atoms with Gasteiger partial charge in [0.1, 0.15) is 5.54 Å². The Morgan fingerprint density at radius 2 is 1.94 bits per heavy atom. The lowest BCUT2D eigenvalue weighted by Gasteiger charge is -2.40. The highest BCUT2D eigenvalue weighted by Gasteiger charge is 2.45. The molecule has 2 fully saturated rings. The average Bonchev–Trinajstić information content (AvgIpc) is 3.47. The van der Waals surface area contributed by atoms with Gasteiger partial charge < -0.3 is 5.73 Å². The molecule has 0 spiro atoms. The summed E-state index contributed by atoms with van der Waals surface area (Å²) in [4.78, 5) is 25.6. The summed E-state index contributed by atoms with van der Waals surface area (Å²) in [6.07, 6.45) is 11.3. The second-order valence-corrected chi connectivity index (χ2v) is 10.8. The quantitative estimate of drug-likeness (QED) is 0.621. The first-order valence-corrected chi connectivity index (χ1v) is 12.6. The van der Waals surface area contributed by atoms with E-state index in [1.54, 1.807) is 16.0 Å². The molecule has 0 radical (unpaired) electrons. The maximum atomic E-state index is 13.2. The Bertz CT molecular complexity index is 908. The first-order chi connectivity index (χ1) is 14.8. The third-order valence-corrected chi connectivity index (χ3v) is 8.63. The maximum absolute atomic E-state index is 13.2. The van der Waals surface area contributed by atoms with Crippen molar-refractivity contribution in [1.29, 1.82) is 0 Å². The number of ketones is 1. The van der Waals surface area contributed by atoms with Crippen LogP contribution in [0.15, 0.2) is 23.0 Å². The summed E-state index contributed by atoms with van der Waals surface area (Å²) in [5.74, 6) is 0.918. The van der Waals surface area contributed by atoms with Gasteiger partial charge in [0.15, 0.2) is 5.78 Å². The van der Waals surface area contributed by atoms with Crippen molar-refractivity contribution >= 4 is 23.0 Å². The van der Waals surface area contributed by atoms with Crippen molar-refractivity contribution in [3.8, 4) is 0 Å². The van der Waals surface area contributed by atoms with Gasteiger partial charge in [0.2, 0.25) is 5.91 Å². The van der Waals surface area contributed by atoms with Crippen LogP contribution < -0.4 is 5.73 Å². The number of aromatic nitrogens is 3. The zero-order valence-electron chi connectivity index (χ0n) is 18.7. The van der Waals surface area contributed by atoms with E-state index in [9.17, 15) is 9.59 Å². The monoisotopic (exact) mass is 442 g/mol. The number of Topliss-reactive ketones (excluding diaryl/α,β-unsaturated/α-hetero) is 1. The van der Waals surface area contributed by atoms with Crippen LogP contribution in [0.2, 0.25) is 0 Å². The predicted octanol–water partition coefficient (Wildman–Crippen LogP) is 4.84. The van der Waals surface area contributed by atoms with Gasteiger partial charge in [-0.25, -0.2) is 4.68 Å². The number of hydrogen-bond acceptors (Lipinski definition) is 5. The van der Waals surface area contributed by atoms with Crippen LogP contribution in [0.5, 0.6) is 0 Å². The molecule has 2 aliphatic rings. The lowest BCUT2D eigenvalue weighted by molar-refractivity contribution is -0.129. The predicted molar refractivity (Wildman–Crippen MR) is 122 cm³/mol. The molecule has 0 bridgehead atoms. The van der Waals surface area contributed by atoms with Gasteiger partial charge in [0.25, 0.3) is 0 Å². The average molecular weight is 443 g/mol. The van der Waals surface area contributed by atoms with Crippen molar-refractivity contribution < 1.29 is 9.59 Å². The summed E-state index contributed by atoms with van der Waals surface area (Å²) in [5.41, 5.74) is 6.27. The van der Waals surface area contributed by atoms with E-state index >= 15 is 0 Å². The molecule has 6 nitrogen and oxygen atoms in total. The summed E-state index contributed by atoms with van der Waals surface area (Å²) in [5, 5.41) is 12.9. The Morgan fingerprint density at radius 1 is 1.23 bits per heavy atom. The Kier molecular flexibility index (Phi) is 6.33. The molecule has 1 atom stereocenters. The van der Waals surface area contributed by atoms with Crippen LogP contribution >= 0.6 is 11.3 Å². The molecular formula is C24H34N4O2S. The molecule has 2 aromatic heterocycles. The topological polar surface area (TPSA) is 90.9 Å². The van der Waals surface area contributed by atoms with E-state index in [1.807, 2.05) is 23.0 Å². The number of nitrogens with two attached hydrogens (primary N) is 1. The molecule has 0 aromatic carbocycles. The molecule has 2 heterocycles. The van der Waals surface area contributed by atoms with Crippen molar-refractivity contribution in [3.63, 3.8) is 0 Å². The van der Waals surface area contributed by atoms with E-state index in [4.69, 9.17) is 5.73 Å². The highest BCUT2D eigenvalue weighted by Crippen LogP contribution is 2.45. The molecule has 2 aromatic rings. The molecule has 168 valence electrons. The minimum Gasteiger partial charge on any atom is -0.368 e. The fourth-order valence-electron chi connectivity index (χ4n) is 5.66. The lowest BCUT2D eigenvalue weighted by Crippen LogP contribution is -2.48. The van der Waals surface area contributed by atoms with E-state index in [0.717, 1.165) is 49.3 Å². The zero-order chi connectivity index (χ0) is 22.1. The molecule has 2 saturated carbocycles. The van der Waals surface area contributed by atoms with Gasteiger partial charge in [-0.2, -0.15) is 11.3 Å². The van der Waals surface area contributed by atoms with E-state index in [0.29, 0.717) is 25.2 Å². The Hall–Kier alpha value is -2.02. The maximum Gasteiger partial charge on any atom is 0.245 e. The molecule has 0 unspecified atom stereocenters. The Labute approximate surface area is 188 Å². The number of carbonyl (C=O) groups is 2. The van der Waals surface area contributed by atoms with Crippen molar-refractivity contribution in [1.82, 2.24) is 15.0 Å². The highest BCUT2D eigenvalue weighted by atomic mass is 32.1.